The fraction of sp³-hybridized carbons (Fsp3) is 0.200. The van der Waals surface area contributed by atoms with Crippen molar-refractivity contribution in [3.05, 3.63) is 83.3 Å². The molecule has 2 N–H and O–H groups in total. The van der Waals surface area contributed by atoms with E-state index < -0.39 is 11.4 Å². The summed E-state index contributed by atoms with van der Waals surface area (Å²) in [5.74, 6) is -0.329. The number of nitrogens with one attached hydrogen (secondary N) is 1. The van der Waals surface area contributed by atoms with E-state index in [0.29, 0.717) is 27.3 Å². The van der Waals surface area contributed by atoms with Crippen molar-refractivity contribution in [2.45, 2.75) is 32.4 Å². The Hall–Kier alpha value is -3.42. The molecule has 0 spiro atoms. The zero-order chi connectivity index (χ0) is 23.8. The maximum atomic E-state index is 14.9. The number of aliphatic hydroxyl groups is 1. The van der Waals surface area contributed by atoms with Crippen LogP contribution in [0.5, 0.6) is 0 Å². The van der Waals surface area contributed by atoms with Gasteiger partial charge in [-0.1, -0.05) is 42.5 Å². The molecule has 0 aliphatic heterocycles. The van der Waals surface area contributed by atoms with Gasteiger partial charge in [-0.25, -0.2) is 19.3 Å². The maximum Gasteiger partial charge on any atom is 0.159 e. The number of fused-ring (bicyclic) bond motifs is 1. The van der Waals surface area contributed by atoms with Crippen LogP contribution in [-0.4, -0.2) is 25.0 Å². The second-order valence-electron chi connectivity index (χ2n) is 8.26. The molecule has 0 bridgehead atoms. The maximum absolute atomic E-state index is 14.9. The third-order valence-corrected chi connectivity index (χ3v) is 5.51. The van der Waals surface area contributed by atoms with Gasteiger partial charge in [-0.05, 0) is 38.0 Å². The summed E-state index contributed by atoms with van der Waals surface area (Å²) in [6.07, 6.45) is 6.13. The summed E-state index contributed by atoms with van der Waals surface area (Å²) in [6.45, 7) is 8.97. The van der Waals surface area contributed by atoms with Crippen molar-refractivity contribution in [2.75, 3.05) is 5.32 Å². The second kappa shape index (κ2) is 8.84. The molecular weight excluding hydrogens is 441 g/mol. The Balaban J connectivity index is 1.77. The standard InChI is InChI=1S/C25H23ClFN5O/c1-5-15-7-6-8-16(9-15)14(2)31-22-18(26)13-28-20-10-19(27)21(32-23(20)22)17-11-29-24(30-12-17)25(3,4)33/h5-14,33H,1H2,2-4H3,(H,28,31)/t14-/m1/s1. The highest BCUT2D eigenvalue weighted by Gasteiger charge is 2.21. The predicted molar refractivity (Wildman–Crippen MR) is 129 cm³/mol. The Kier molecular flexibility index (Phi) is 6.10. The van der Waals surface area contributed by atoms with Gasteiger partial charge in [0.15, 0.2) is 11.6 Å². The molecule has 0 unspecified atom stereocenters. The van der Waals surface area contributed by atoms with Gasteiger partial charge in [0.05, 0.1) is 16.2 Å². The Morgan fingerprint density at radius 1 is 1.15 bits per heavy atom. The number of nitrogens with zero attached hydrogens (tertiary/aromatic N) is 4. The number of aromatic nitrogens is 4. The molecule has 0 aliphatic rings. The smallest absolute Gasteiger partial charge is 0.159 e. The molecule has 6 nitrogen and oxygen atoms in total. The molecule has 0 amide bonds. The Morgan fingerprint density at radius 2 is 1.88 bits per heavy atom. The molecule has 0 aliphatic carbocycles. The van der Waals surface area contributed by atoms with Crippen LogP contribution in [0.1, 0.15) is 43.8 Å². The molecular formula is C25H23ClFN5O. The second-order valence-corrected chi connectivity index (χ2v) is 8.67. The highest BCUT2D eigenvalue weighted by atomic mass is 35.5. The van der Waals surface area contributed by atoms with Gasteiger partial charge in [0.1, 0.15) is 16.8 Å². The Bertz CT molecular complexity index is 1340. The van der Waals surface area contributed by atoms with E-state index in [9.17, 15) is 9.50 Å². The first kappa shape index (κ1) is 22.8. The summed E-state index contributed by atoms with van der Waals surface area (Å²) in [5, 5.41) is 13.8. The van der Waals surface area contributed by atoms with E-state index in [0.717, 1.165) is 11.1 Å². The van der Waals surface area contributed by atoms with Crippen LogP contribution < -0.4 is 5.32 Å². The van der Waals surface area contributed by atoms with Crippen molar-refractivity contribution in [3.63, 3.8) is 0 Å². The molecule has 0 saturated heterocycles. The van der Waals surface area contributed by atoms with Gasteiger partial charge < -0.3 is 10.4 Å². The lowest BCUT2D eigenvalue weighted by molar-refractivity contribution is 0.0687. The van der Waals surface area contributed by atoms with Crippen molar-refractivity contribution in [3.8, 4) is 11.3 Å². The predicted octanol–water partition coefficient (Wildman–Crippen LogP) is 5.92. The van der Waals surface area contributed by atoms with E-state index in [4.69, 9.17) is 11.6 Å². The summed E-state index contributed by atoms with van der Waals surface area (Å²) >= 11 is 6.48. The number of hydrogen-bond acceptors (Lipinski definition) is 6. The number of halogens is 2. The third kappa shape index (κ3) is 4.69. The molecule has 168 valence electrons. The third-order valence-electron chi connectivity index (χ3n) is 5.23. The highest BCUT2D eigenvalue weighted by Crippen LogP contribution is 2.34. The van der Waals surface area contributed by atoms with Crippen LogP contribution in [-0.2, 0) is 5.60 Å². The molecule has 4 rings (SSSR count). The lowest BCUT2D eigenvalue weighted by Gasteiger charge is -2.19. The van der Waals surface area contributed by atoms with Gasteiger partial charge in [-0.2, -0.15) is 0 Å². The molecule has 8 heteroatoms. The van der Waals surface area contributed by atoms with Crippen LogP contribution in [0.15, 0.2) is 55.5 Å². The number of rotatable bonds is 6. The molecule has 3 aromatic heterocycles. The van der Waals surface area contributed by atoms with E-state index in [1.165, 1.54) is 24.7 Å². The van der Waals surface area contributed by atoms with Crippen LogP contribution in [0.2, 0.25) is 5.02 Å². The van der Waals surface area contributed by atoms with E-state index in [-0.39, 0.29) is 17.6 Å². The first-order valence-electron chi connectivity index (χ1n) is 10.4. The molecule has 1 aromatic carbocycles. The highest BCUT2D eigenvalue weighted by molar-refractivity contribution is 6.34. The summed E-state index contributed by atoms with van der Waals surface area (Å²) in [5.41, 5.74) is 2.62. The number of pyridine rings is 2. The normalized spacial score (nSPS) is 12.5. The van der Waals surface area contributed by atoms with E-state index in [1.807, 2.05) is 31.2 Å². The van der Waals surface area contributed by atoms with Crippen LogP contribution in [0.3, 0.4) is 0 Å². The van der Waals surface area contributed by atoms with E-state index in [2.05, 4.69) is 31.8 Å². The minimum absolute atomic E-state index is 0.0678. The number of anilines is 1. The Labute approximate surface area is 196 Å². The van der Waals surface area contributed by atoms with Crippen molar-refractivity contribution in [2.24, 2.45) is 0 Å². The minimum Gasteiger partial charge on any atom is -0.382 e. The van der Waals surface area contributed by atoms with Crippen molar-refractivity contribution in [1.29, 1.82) is 0 Å². The molecule has 4 aromatic rings. The van der Waals surface area contributed by atoms with Crippen molar-refractivity contribution in [1.82, 2.24) is 19.9 Å². The van der Waals surface area contributed by atoms with Crippen molar-refractivity contribution >= 4 is 34.4 Å². The average Bonchev–Trinajstić information content (AvgIpc) is 2.80. The largest absolute Gasteiger partial charge is 0.382 e. The summed E-state index contributed by atoms with van der Waals surface area (Å²) in [6, 6.07) is 9.16. The molecule has 33 heavy (non-hydrogen) atoms. The van der Waals surface area contributed by atoms with E-state index in [1.54, 1.807) is 19.9 Å². The first-order valence-corrected chi connectivity index (χ1v) is 10.7. The van der Waals surface area contributed by atoms with Crippen molar-refractivity contribution < 1.29 is 9.50 Å². The lowest BCUT2D eigenvalue weighted by atomic mass is 10.0. The summed E-state index contributed by atoms with van der Waals surface area (Å²) < 4.78 is 14.9. The van der Waals surface area contributed by atoms with Gasteiger partial charge in [-0.15, -0.1) is 0 Å². The zero-order valence-electron chi connectivity index (χ0n) is 18.5. The van der Waals surface area contributed by atoms with Crippen LogP contribution in [0, 0.1) is 5.82 Å². The average molecular weight is 464 g/mol. The van der Waals surface area contributed by atoms with Crippen LogP contribution >= 0.6 is 11.6 Å². The summed E-state index contributed by atoms with van der Waals surface area (Å²) in [4.78, 5) is 17.1. The zero-order valence-corrected chi connectivity index (χ0v) is 19.2. The Morgan fingerprint density at radius 3 is 2.55 bits per heavy atom. The minimum atomic E-state index is -1.21. The lowest BCUT2D eigenvalue weighted by Crippen LogP contribution is -2.19. The topological polar surface area (TPSA) is 83.8 Å². The van der Waals surface area contributed by atoms with E-state index >= 15 is 0 Å². The summed E-state index contributed by atoms with van der Waals surface area (Å²) in [7, 11) is 0. The van der Waals surface area contributed by atoms with Crippen LogP contribution in [0.25, 0.3) is 28.4 Å². The fourth-order valence-electron chi connectivity index (χ4n) is 3.43. The van der Waals surface area contributed by atoms with Gasteiger partial charge in [-0.3, -0.25) is 4.98 Å². The fourth-order valence-corrected chi connectivity index (χ4v) is 3.62. The number of benzene rings is 1. The molecule has 0 saturated carbocycles. The first-order chi connectivity index (χ1) is 15.7. The molecule has 3 heterocycles. The quantitative estimate of drug-likeness (QED) is 0.369. The molecule has 1 atom stereocenters. The van der Waals surface area contributed by atoms with Gasteiger partial charge in [0.25, 0.3) is 0 Å². The van der Waals surface area contributed by atoms with Gasteiger partial charge >= 0.3 is 0 Å². The molecule has 0 fully saturated rings. The SMILES string of the molecule is C=Cc1cccc([C@@H](C)Nc2c(Cl)cnc3cc(F)c(-c4cnc(C(C)(C)O)nc4)nc23)c1. The van der Waals surface area contributed by atoms with Gasteiger partial charge in [0.2, 0.25) is 0 Å². The van der Waals surface area contributed by atoms with Crippen LogP contribution in [0.4, 0.5) is 10.1 Å². The molecule has 0 radical (unpaired) electrons. The number of hydrogen-bond donors (Lipinski definition) is 2. The van der Waals surface area contributed by atoms with Gasteiger partial charge in [0, 0.05) is 36.3 Å². The monoisotopic (exact) mass is 463 g/mol.